The van der Waals surface area contributed by atoms with Crippen molar-refractivity contribution < 1.29 is 13.9 Å². The lowest BCUT2D eigenvalue weighted by Gasteiger charge is -2.23. The van der Waals surface area contributed by atoms with Crippen molar-refractivity contribution in [3.05, 3.63) is 35.6 Å². The minimum atomic E-state index is -0.159. The van der Waals surface area contributed by atoms with Gasteiger partial charge in [0.05, 0.1) is 6.10 Å². The molecule has 0 aromatic heterocycles. The first-order valence-corrected chi connectivity index (χ1v) is 8.82. The van der Waals surface area contributed by atoms with Crippen molar-refractivity contribution in [2.45, 2.75) is 31.9 Å². The van der Waals surface area contributed by atoms with Gasteiger partial charge in [-0.1, -0.05) is 18.2 Å². The van der Waals surface area contributed by atoms with Gasteiger partial charge in [-0.3, -0.25) is 4.90 Å². The zero-order chi connectivity index (χ0) is 16.8. The normalized spacial score (nSPS) is 22.4. The van der Waals surface area contributed by atoms with Crippen LogP contribution in [0.2, 0.25) is 0 Å². The first-order chi connectivity index (χ1) is 11.7. The first kappa shape index (κ1) is 17.2. The van der Waals surface area contributed by atoms with Crippen molar-refractivity contribution in [1.29, 1.82) is 0 Å². The number of amides is 2. The van der Waals surface area contributed by atoms with Gasteiger partial charge in [-0.05, 0) is 25.3 Å². The van der Waals surface area contributed by atoms with Crippen LogP contribution in [-0.4, -0.2) is 61.3 Å². The van der Waals surface area contributed by atoms with Gasteiger partial charge in [-0.15, -0.1) is 0 Å². The van der Waals surface area contributed by atoms with Gasteiger partial charge in [0.15, 0.2) is 0 Å². The van der Waals surface area contributed by atoms with Crippen molar-refractivity contribution >= 4 is 6.03 Å². The maximum Gasteiger partial charge on any atom is 0.317 e. The number of nitrogens with one attached hydrogen (secondary N) is 1. The summed E-state index contributed by atoms with van der Waals surface area (Å²) in [6.07, 6.45) is 3.17. The summed E-state index contributed by atoms with van der Waals surface area (Å²) in [5.41, 5.74) is 0.716. The molecule has 24 heavy (non-hydrogen) atoms. The maximum absolute atomic E-state index is 13.8. The topological polar surface area (TPSA) is 44.8 Å². The Balaban J connectivity index is 1.45. The zero-order valence-electron chi connectivity index (χ0n) is 14.0. The Morgan fingerprint density at radius 2 is 2.08 bits per heavy atom. The smallest absolute Gasteiger partial charge is 0.317 e. The Morgan fingerprint density at radius 1 is 1.21 bits per heavy atom. The number of hydrogen-bond acceptors (Lipinski definition) is 3. The molecular weight excluding hydrogens is 309 g/mol. The number of hydrogen-bond donors (Lipinski definition) is 1. The van der Waals surface area contributed by atoms with E-state index in [0.717, 1.165) is 45.5 Å². The number of carbonyl (C=O) groups excluding carboxylic acids is 1. The molecule has 5 nitrogen and oxygen atoms in total. The van der Waals surface area contributed by atoms with Gasteiger partial charge in [0.1, 0.15) is 5.82 Å². The summed E-state index contributed by atoms with van der Waals surface area (Å²) in [5, 5.41) is 2.98. The predicted octanol–water partition coefficient (Wildman–Crippen LogP) is 2.22. The Kier molecular flexibility index (Phi) is 6.04. The van der Waals surface area contributed by atoms with Crippen LogP contribution in [0.25, 0.3) is 0 Å². The second-order valence-electron chi connectivity index (χ2n) is 6.53. The van der Waals surface area contributed by atoms with E-state index >= 15 is 0 Å². The van der Waals surface area contributed by atoms with E-state index in [0.29, 0.717) is 25.2 Å². The van der Waals surface area contributed by atoms with Gasteiger partial charge in [0.25, 0.3) is 0 Å². The summed E-state index contributed by atoms with van der Waals surface area (Å²) in [7, 11) is 0. The number of carbonyl (C=O) groups is 1. The molecule has 1 N–H and O–H groups in total. The quantitative estimate of drug-likeness (QED) is 0.918. The highest BCUT2D eigenvalue weighted by Gasteiger charge is 2.21. The fourth-order valence-corrected chi connectivity index (χ4v) is 3.32. The van der Waals surface area contributed by atoms with Crippen LogP contribution in [0.5, 0.6) is 0 Å². The third-order valence-electron chi connectivity index (χ3n) is 4.73. The molecule has 0 radical (unpaired) electrons. The van der Waals surface area contributed by atoms with Crippen molar-refractivity contribution in [1.82, 2.24) is 15.1 Å². The SMILES string of the molecule is O=C(NC[C@@H]1CCCO1)N1CCCN(Cc2ccccc2F)CC1. The number of nitrogens with zero attached hydrogens (tertiary/aromatic N) is 2. The standard InChI is InChI=1S/C18H26FN3O2/c19-17-7-2-1-5-15(17)14-21-8-4-9-22(11-10-21)18(23)20-13-16-6-3-12-24-16/h1-2,5,7,16H,3-4,6,8-14H2,(H,20,23)/t16-/m0/s1. The molecule has 0 saturated carbocycles. The Hall–Kier alpha value is -1.66. The van der Waals surface area contributed by atoms with Crippen LogP contribution in [-0.2, 0) is 11.3 Å². The Labute approximate surface area is 142 Å². The fraction of sp³-hybridized carbons (Fsp3) is 0.611. The summed E-state index contributed by atoms with van der Waals surface area (Å²) in [6.45, 7) is 5.05. The van der Waals surface area contributed by atoms with Crippen molar-refractivity contribution in [2.24, 2.45) is 0 Å². The summed E-state index contributed by atoms with van der Waals surface area (Å²) in [6, 6.07) is 6.88. The average Bonchev–Trinajstić information content (AvgIpc) is 3.00. The molecule has 0 bridgehead atoms. The summed E-state index contributed by atoms with van der Waals surface area (Å²) < 4.78 is 19.3. The van der Waals surface area contributed by atoms with Crippen LogP contribution in [0.4, 0.5) is 9.18 Å². The van der Waals surface area contributed by atoms with E-state index in [9.17, 15) is 9.18 Å². The molecule has 1 aromatic carbocycles. The second kappa shape index (κ2) is 8.44. The van der Waals surface area contributed by atoms with Crippen LogP contribution in [0, 0.1) is 5.82 Å². The molecule has 2 amide bonds. The van der Waals surface area contributed by atoms with E-state index in [2.05, 4.69) is 10.2 Å². The van der Waals surface area contributed by atoms with E-state index in [1.54, 1.807) is 6.07 Å². The maximum atomic E-state index is 13.8. The molecule has 3 rings (SSSR count). The van der Waals surface area contributed by atoms with Crippen molar-refractivity contribution in [3.63, 3.8) is 0 Å². The molecule has 1 atom stereocenters. The summed E-state index contributed by atoms with van der Waals surface area (Å²) in [4.78, 5) is 16.4. The monoisotopic (exact) mass is 335 g/mol. The summed E-state index contributed by atoms with van der Waals surface area (Å²) in [5.74, 6) is -0.159. The van der Waals surface area contributed by atoms with Gasteiger partial charge < -0.3 is 15.0 Å². The highest BCUT2D eigenvalue weighted by atomic mass is 19.1. The van der Waals surface area contributed by atoms with Crippen molar-refractivity contribution in [2.75, 3.05) is 39.3 Å². The van der Waals surface area contributed by atoms with Crippen LogP contribution in [0.3, 0.4) is 0 Å². The largest absolute Gasteiger partial charge is 0.376 e. The lowest BCUT2D eigenvalue weighted by atomic mass is 10.2. The molecule has 132 valence electrons. The van der Waals surface area contributed by atoms with E-state index in [1.807, 2.05) is 17.0 Å². The number of ether oxygens (including phenoxy) is 1. The van der Waals surface area contributed by atoms with Crippen LogP contribution < -0.4 is 5.32 Å². The van der Waals surface area contributed by atoms with Gasteiger partial charge in [0.2, 0.25) is 0 Å². The number of benzene rings is 1. The fourth-order valence-electron chi connectivity index (χ4n) is 3.32. The lowest BCUT2D eigenvalue weighted by Crippen LogP contribution is -2.44. The van der Waals surface area contributed by atoms with Crippen LogP contribution in [0.15, 0.2) is 24.3 Å². The molecule has 2 aliphatic rings. The second-order valence-corrected chi connectivity index (χ2v) is 6.53. The molecule has 2 aliphatic heterocycles. The predicted molar refractivity (Wildman–Crippen MR) is 90.2 cm³/mol. The minimum absolute atomic E-state index is 0.0155. The molecular formula is C18H26FN3O2. The van der Waals surface area contributed by atoms with Crippen LogP contribution in [0.1, 0.15) is 24.8 Å². The lowest BCUT2D eigenvalue weighted by molar-refractivity contribution is 0.109. The van der Waals surface area contributed by atoms with E-state index in [4.69, 9.17) is 4.74 Å². The highest BCUT2D eigenvalue weighted by Crippen LogP contribution is 2.13. The zero-order valence-corrected chi connectivity index (χ0v) is 14.0. The van der Waals surface area contributed by atoms with Gasteiger partial charge in [-0.25, -0.2) is 9.18 Å². The van der Waals surface area contributed by atoms with Gasteiger partial charge >= 0.3 is 6.03 Å². The molecule has 2 heterocycles. The molecule has 0 spiro atoms. The molecule has 2 saturated heterocycles. The van der Waals surface area contributed by atoms with Crippen molar-refractivity contribution in [3.8, 4) is 0 Å². The third-order valence-corrected chi connectivity index (χ3v) is 4.73. The van der Waals surface area contributed by atoms with E-state index in [-0.39, 0.29) is 18.0 Å². The molecule has 2 fully saturated rings. The minimum Gasteiger partial charge on any atom is -0.376 e. The number of urea groups is 1. The van der Waals surface area contributed by atoms with Gasteiger partial charge in [0, 0.05) is 51.4 Å². The highest BCUT2D eigenvalue weighted by molar-refractivity contribution is 5.74. The molecule has 1 aromatic rings. The van der Waals surface area contributed by atoms with Gasteiger partial charge in [-0.2, -0.15) is 0 Å². The molecule has 0 aliphatic carbocycles. The number of rotatable bonds is 4. The van der Waals surface area contributed by atoms with E-state index < -0.39 is 0 Å². The molecule has 0 unspecified atom stereocenters. The molecule has 6 heteroatoms. The first-order valence-electron chi connectivity index (χ1n) is 8.82. The third kappa shape index (κ3) is 4.68. The Morgan fingerprint density at radius 3 is 2.88 bits per heavy atom. The average molecular weight is 335 g/mol. The number of halogens is 1. The van der Waals surface area contributed by atoms with Crippen LogP contribution >= 0.6 is 0 Å². The Bertz CT molecular complexity index is 549. The summed E-state index contributed by atoms with van der Waals surface area (Å²) >= 11 is 0. The van der Waals surface area contributed by atoms with E-state index in [1.165, 1.54) is 6.07 Å².